The van der Waals surface area contributed by atoms with Gasteiger partial charge in [-0.25, -0.2) is 0 Å². The number of rotatable bonds is 0. The molecule has 0 aromatic rings. The van der Waals surface area contributed by atoms with Crippen LogP contribution in [0.1, 0.15) is 32.1 Å². The van der Waals surface area contributed by atoms with E-state index in [1.54, 1.807) is 0 Å². The standard InChI is InChI=1S/C9H16N2O/c12-9-5-1-3-7-8(11-9)4-2-6-10-7/h7-8,10H,1-6H2,(H,11,12). The lowest BCUT2D eigenvalue weighted by molar-refractivity contribution is -0.121. The number of hydrogen-bond acceptors (Lipinski definition) is 2. The van der Waals surface area contributed by atoms with Gasteiger partial charge in [0.05, 0.1) is 0 Å². The second kappa shape index (κ2) is 3.44. The minimum absolute atomic E-state index is 0.242. The monoisotopic (exact) mass is 168 g/mol. The molecule has 2 rings (SSSR count). The van der Waals surface area contributed by atoms with Crippen LogP contribution in [0.4, 0.5) is 0 Å². The van der Waals surface area contributed by atoms with Crippen LogP contribution in [0.5, 0.6) is 0 Å². The minimum Gasteiger partial charge on any atom is -0.352 e. The predicted octanol–water partition coefficient (Wildman–Crippen LogP) is 0.407. The molecule has 2 unspecified atom stereocenters. The van der Waals surface area contributed by atoms with Gasteiger partial charge >= 0.3 is 0 Å². The van der Waals surface area contributed by atoms with Crippen LogP contribution in [0.25, 0.3) is 0 Å². The SMILES string of the molecule is O=C1CCCC2NCCCC2N1. The quantitative estimate of drug-likeness (QED) is 0.550. The van der Waals surface area contributed by atoms with Gasteiger partial charge in [0, 0.05) is 18.5 Å². The highest BCUT2D eigenvalue weighted by molar-refractivity contribution is 5.76. The Bertz CT molecular complexity index is 181. The molecule has 0 spiro atoms. The third-order valence-electron chi connectivity index (χ3n) is 2.85. The van der Waals surface area contributed by atoms with Crippen molar-refractivity contribution in [3.63, 3.8) is 0 Å². The Labute approximate surface area is 72.9 Å². The fourth-order valence-electron chi connectivity index (χ4n) is 2.19. The molecule has 2 N–H and O–H groups in total. The number of carbonyl (C=O) groups is 1. The molecule has 68 valence electrons. The van der Waals surface area contributed by atoms with Gasteiger partial charge in [0.25, 0.3) is 0 Å². The van der Waals surface area contributed by atoms with Gasteiger partial charge in [-0.2, -0.15) is 0 Å². The van der Waals surface area contributed by atoms with E-state index in [0.29, 0.717) is 18.5 Å². The largest absolute Gasteiger partial charge is 0.352 e. The zero-order valence-corrected chi connectivity index (χ0v) is 7.31. The molecule has 1 amide bonds. The van der Waals surface area contributed by atoms with Gasteiger partial charge in [0.1, 0.15) is 0 Å². The Morgan fingerprint density at radius 3 is 2.92 bits per heavy atom. The van der Waals surface area contributed by atoms with E-state index < -0.39 is 0 Å². The van der Waals surface area contributed by atoms with E-state index >= 15 is 0 Å². The van der Waals surface area contributed by atoms with Crippen LogP contribution in [0.3, 0.4) is 0 Å². The summed E-state index contributed by atoms with van der Waals surface area (Å²) < 4.78 is 0. The highest BCUT2D eigenvalue weighted by atomic mass is 16.1. The lowest BCUT2D eigenvalue weighted by atomic mass is 9.96. The van der Waals surface area contributed by atoms with Gasteiger partial charge in [-0.1, -0.05) is 0 Å². The molecular weight excluding hydrogens is 152 g/mol. The summed E-state index contributed by atoms with van der Waals surface area (Å²) in [4.78, 5) is 11.2. The number of amides is 1. The molecule has 2 saturated heterocycles. The summed E-state index contributed by atoms with van der Waals surface area (Å²) in [5.74, 6) is 0.242. The summed E-state index contributed by atoms with van der Waals surface area (Å²) in [7, 11) is 0. The number of carbonyl (C=O) groups excluding carboxylic acids is 1. The summed E-state index contributed by atoms with van der Waals surface area (Å²) >= 11 is 0. The van der Waals surface area contributed by atoms with E-state index in [0.717, 1.165) is 25.8 Å². The Morgan fingerprint density at radius 2 is 2.00 bits per heavy atom. The average molecular weight is 168 g/mol. The molecule has 3 nitrogen and oxygen atoms in total. The number of hydrogen-bond donors (Lipinski definition) is 2. The zero-order valence-electron chi connectivity index (χ0n) is 7.31. The molecule has 2 fully saturated rings. The highest BCUT2D eigenvalue weighted by Gasteiger charge is 2.27. The van der Waals surface area contributed by atoms with Crippen molar-refractivity contribution in [2.24, 2.45) is 0 Å². The van der Waals surface area contributed by atoms with Gasteiger partial charge < -0.3 is 10.6 Å². The van der Waals surface area contributed by atoms with Gasteiger partial charge in [-0.05, 0) is 32.2 Å². The van der Waals surface area contributed by atoms with Gasteiger partial charge in [-0.3, -0.25) is 4.79 Å². The molecule has 2 aliphatic heterocycles. The van der Waals surface area contributed by atoms with E-state index in [1.807, 2.05) is 0 Å². The van der Waals surface area contributed by atoms with Crippen molar-refractivity contribution in [3.8, 4) is 0 Å². The van der Waals surface area contributed by atoms with Gasteiger partial charge in [0.15, 0.2) is 0 Å². The van der Waals surface area contributed by atoms with Crippen LogP contribution in [-0.2, 0) is 4.79 Å². The summed E-state index contributed by atoms with van der Waals surface area (Å²) in [5, 5.41) is 6.55. The van der Waals surface area contributed by atoms with Crippen LogP contribution >= 0.6 is 0 Å². The predicted molar refractivity (Wildman–Crippen MR) is 46.8 cm³/mol. The van der Waals surface area contributed by atoms with Crippen LogP contribution in [0, 0.1) is 0 Å². The van der Waals surface area contributed by atoms with E-state index in [4.69, 9.17) is 0 Å². The Morgan fingerprint density at radius 1 is 1.17 bits per heavy atom. The average Bonchev–Trinajstić information content (AvgIpc) is 2.25. The first-order valence-electron chi connectivity index (χ1n) is 4.89. The lowest BCUT2D eigenvalue weighted by Crippen LogP contribution is -2.51. The zero-order chi connectivity index (χ0) is 8.39. The van der Waals surface area contributed by atoms with Crippen LogP contribution in [0.2, 0.25) is 0 Å². The first kappa shape index (κ1) is 8.05. The molecule has 0 saturated carbocycles. The topological polar surface area (TPSA) is 41.1 Å². The van der Waals surface area contributed by atoms with E-state index in [-0.39, 0.29) is 5.91 Å². The second-order valence-electron chi connectivity index (χ2n) is 3.77. The Hall–Kier alpha value is -0.570. The van der Waals surface area contributed by atoms with E-state index in [2.05, 4.69) is 10.6 Å². The molecule has 3 heteroatoms. The highest BCUT2D eigenvalue weighted by Crippen LogP contribution is 2.17. The van der Waals surface area contributed by atoms with Crippen molar-refractivity contribution >= 4 is 5.91 Å². The molecule has 0 bridgehead atoms. The summed E-state index contributed by atoms with van der Waals surface area (Å²) in [6.07, 6.45) is 5.27. The van der Waals surface area contributed by atoms with E-state index in [1.165, 1.54) is 6.42 Å². The van der Waals surface area contributed by atoms with Crippen molar-refractivity contribution < 1.29 is 4.79 Å². The maximum Gasteiger partial charge on any atom is 0.220 e. The van der Waals surface area contributed by atoms with Crippen molar-refractivity contribution in [2.45, 2.75) is 44.2 Å². The third-order valence-corrected chi connectivity index (χ3v) is 2.85. The molecular formula is C9H16N2O. The third kappa shape index (κ3) is 1.61. The van der Waals surface area contributed by atoms with Crippen molar-refractivity contribution in [2.75, 3.05) is 6.54 Å². The number of piperidine rings is 1. The van der Waals surface area contributed by atoms with E-state index in [9.17, 15) is 4.79 Å². The fourth-order valence-corrected chi connectivity index (χ4v) is 2.19. The first-order valence-corrected chi connectivity index (χ1v) is 4.89. The molecule has 0 aromatic heterocycles. The first-order chi connectivity index (χ1) is 5.86. The molecule has 2 atom stereocenters. The molecule has 2 heterocycles. The lowest BCUT2D eigenvalue weighted by Gasteiger charge is -2.31. The van der Waals surface area contributed by atoms with Gasteiger partial charge in [-0.15, -0.1) is 0 Å². The summed E-state index contributed by atoms with van der Waals surface area (Å²) in [5.41, 5.74) is 0. The van der Waals surface area contributed by atoms with Crippen LogP contribution < -0.4 is 10.6 Å². The van der Waals surface area contributed by atoms with Crippen molar-refractivity contribution in [1.29, 1.82) is 0 Å². The number of fused-ring (bicyclic) bond motifs is 1. The fraction of sp³-hybridized carbons (Fsp3) is 0.889. The molecule has 2 aliphatic rings. The molecule has 12 heavy (non-hydrogen) atoms. The van der Waals surface area contributed by atoms with Crippen molar-refractivity contribution in [3.05, 3.63) is 0 Å². The molecule has 0 radical (unpaired) electrons. The molecule has 0 aromatic carbocycles. The van der Waals surface area contributed by atoms with Crippen LogP contribution in [-0.4, -0.2) is 24.5 Å². The maximum absolute atomic E-state index is 11.2. The number of nitrogens with one attached hydrogen (secondary N) is 2. The van der Waals surface area contributed by atoms with Crippen molar-refractivity contribution in [1.82, 2.24) is 10.6 Å². The maximum atomic E-state index is 11.2. The normalized spacial score (nSPS) is 36.5. The van der Waals surface area contributed by atoms with Gasteiger partial charge in [0.2, 0.25) is 5.91 Å². The molecule has 0 aliphatic carbocycles. The Balaban J connectivity index is 2.01. The smallest absolute Gasteiger partial charge is 0.220 e. The summed E-state index contributed by atoms with van der Waals surface area (Å²) in [6.45, 7) is 1.12. The Kier molecular flexibility index (Phi) is 2.30. The van der Waals surface area contributed by atoms with Crippen LogP contribution in [0.15, 0.2) is 0 Å². The minimum atomic E-state index is 0.242. The summed E-state index contributed by atoms with van der Waals surface area (Å²) in [6, 6.07) is 0.957. The second-order valence-corrected chi connectivity index (χ2v) is 3.77.